The van der Waals surface area contributed by atoms with Gasteiger partial charge in [-0.2, -0.15) is 0 Å². The van der Waals surface area contributed by atoms with Crippen molar-refractivity contribution in [2.45, 2.75) is 71.8 Å². The Kier molecular flexibility index (Phi) is 11.6. The molecule has 9 heteroatoms. The first kappa shape index (κ1) is 30.4. The molecule has 0 aliphatic heterocycles. The highest BCUT2D eigenvalue weighted by Gasteiger charge is 2.22. The number of nitrogens with one attached hydrogen (secondary N) is 2. The summed E-state index contributed by atoms with van der Waals surface area (Å²) in [5, 5.41) is 6.42. The van der Waals surface area contributed by atoms with Gasteiger partial charge in [-0.3, -0.25) is 4.79 Å². The standard InChI is InChI=1S/C22H23ClFN3O2.C8H17NO/c1-13-6-8-14(9-7-13)29-20-10-15-18(11-19(20)28-2)25-12-26-22(15)27-17-5-3-4-16(23)21(17)24;1-4-5-6-7(2)8(10)9-3/h3-5,10-14H,6-9H2,1-2H3,(H,25,26,27);7H,4-6H2,1-3H3,(H,9,10)/t;7-/m.1/s1. The summed E-state index contributed by atoms with van der Waals surface area (Å²) in [6, 6.07) is 8.47. The van der Waals surface area contributed by atoms with Crippen molar-refractivity contribution in [1.29, 1.82) is 0 Å². The number of unbranched alkanes of at least 4 members (excludes halogenated alkanes) is 1. The minimum Gasteiger partial charge on any atom is -0.493 e. The van der Waals surface area contributed by atoms with Gasteiger partial charge in [0.2, 0.25) is 5.91 Å². The summed E-state index contributed by atoms with van der Waals surface area (Å²) in [6.45, 7) is 6.38. The van der Waals surface area contributed by atoms with Crippen molar-refractivity contribution < 1.29 is 18.7 Å². The molecular formula is C30H40ClFN4O3. The van der Waals surface area contributed by atoms with Crippen LogP contribution in [-0.2, 0) is 4.79 Å². The van der Waals surface area contributed by atoms with E-state index in [2.05, 4.69) is 34.4 Å². The van der Waals surface area contributed by atoms with Crippen molar-refractivity contribution in [3.63, 3.8) is 0 Å². The zero-order valence-electron chi connectivity index (χ0n) is 23.5. The van der Waals surface area contributed by atoms with E-state index in [-0.39, 0.29) is 28.6 Å². The van der Waals surface area contributed by atoms with E-state index in [1.807, 2.05) is 19.1 Å². The molecule has 0 spiro atoms. The quantitative estimate of drug-likeness (QED) is 0.280. The smallest absolute Gasteiger partial charge is 0.222 e. The summed E-state index contributed by atoms with van der Waals surface area (Å²) in [5.74, 6) is 2.30. The van der Waals surface area contributed by atoms with Crippen molar-refractivity contribution in [2.75, 3.05) is 19.5 Å². The first-order chi connectivity index (χ1) is 18.8. The summed E-state index contributed by atoms with van der Waals surface area (Å²) in [6.07, 6.45) is 9.26. The molecule has 1 aliphatic rings. The van der Waals surface area contributed by atoms with Crippen LogP contribution < -0.4 is 20.1 Å². The Hall–Kier alpha value is -3.13. The predicted molar refractivity (Wildman–Crippen MR) is 156 cm³/mol. The Balaban J connectivity index is 0.000000360. The van der Waals surface area contributed by atoms with Gasteiger partial charge in [0, 0.05) is 24.4 Å². The molecule has 39 heavy (non-hydrogen) atoms. The van der Waals surface area contributed by atoms with Crippen molar-refractivity contribution in [2.24, 2.45) is 11.8 Å². The van der Waals surface area contributed by atoms with E-state index < -0.39 is 5.82 Å². The number of amides is 1. The number of carbonyl (C=O) groups excluding carboxylic acids is 1. The molecule has 3 aromatic rings. The highest BCUT2D eigenvalue weighted by molar-refractivity contribution is 6.31. The molecule has 0 unspecified atom stereocenters. The number of carbonyl (C=O) groups is 1. The number of hydrogen-bond acceptors (Lipinski definition) is 6. The maximum absolute atomic E-state index is 14.3. The number of halogens is 2. The lowest BCUT2D eigenvalue weighted by atomic mass is 9.89. The normalized spacial score (nSPS) is 17.5. The molecular weight excluding hydrogens is 519 g/mol. The number of benzene rings is 2. The van der Waals surface area contributed by atoms with E-state index in [1.54, 1.807) is 26.3 Å². The average molecular weight is 559 g/mol. The van der Waals surface area contributed by atoms with Crippen LogP contribution in [0.1, 0.15) is 65.7 Å². The first-order valence-electron chi connectivity index (χ1n) is 13.7. The lowest BCUT2D eigenvalue weighted by molar-refractivity contribution is -0.124. The van der Waals surface area contributed by atoms with Crippen molar-refractivity contribution in [3.8, 4) is 11.5 Å². The van der Waals surface area contributed by atoms with E-state index in [1.165, 1.54) is 18.8 Å². The molecule has 1 atom stereocenters. The molecule has 1 amide bonds. The van der Waals surface area contributed by atoms with Crippen LogP contribution in [0.3, 0.4) is 0 Å². The van der Waals surface area contributed by atoms with Gasteiger partial charge < -0.3 is 20.1 Å². The molecule has 1 aromatic heterocycles. The fourth-order valence-electron chi connectivity index (χ4n) is 4.56. The van der Waals surface area contributed by atoms with E-state index in [0.29, 0.717) is 28.2 Å². The minimum atomic E-state index is -0.526. The van der Waals surface area contributed by atoms with Gasteiger partial charge in [0.15, 0.2) is 17.3 Å². The highest BCUT2D eigenvalue weighted by Crippen LogP contribution is 2.37. The van der Waals surface area contributed by atoms with Crippen LogP contribution in [-0.4, -0.2) is 36.1 Å². The molecule has 2 N–H and O–H groups in total. The van der Waals surface area contributed by atoms with Crippen molar-refractivity contribution in [1.82, 2.24) is 15.3 Å². The molecule has 0 radical (unpaired) electrons. The Morgan fingerprint density at radius 2 is 1.92 bits per heavy atom. The van der Waals surface area contributed by atoms with E-state index in [0.717, 1.165) is 44.4 Å². The Morgan fingerprint density at radius 1 is 1.18 bits per heavy atom. The lowest BCUT2D eigenvalue weighted by Crippen LogP contribution is -2.25. The summed E-state index contributed by atoms with van der Waals surface area (Å²) in [5.41, 5.74) is 0.920. The minimum absolute atomic E-state index is 0.0468. The maximum atomic E-state index is 14.3. The second-order valence-electron chi connectivity index (χ2n) is 10.1. The topological polar surface area (TPSA) is 85.4 Å². The number of rotatable bonds is 9. The average Bonchev–Trinajstić information content (AvgIpc) is 2.95. The molecule has 7 nitrogen and oxygen atoms in total. The number of methoxy groups -OCH3 is 1. The molecule has 0 bridgehead atoms. The molecule has 1 fully saturated rings. The monoisotopic (exact) mass is 558 g/mol. The molecule has 212 valence electrons. The van der Waals surface area contributed by atoms with Crippen LogP contribution >= 0.6 is 11.6 Å². The second kappa shape index (κ2) is 14.9. The molecule has 1 heterocycles. The maximum Gasteiger partial charge on any atom is 0.222 e. The van der Waals surface area contributed by atoms with Crippen LogP contribution in [0.25, 0.3) is 10.9 Å². The molecule has 1 aliphatic carbocycles. The van der Waals surface area contributed by atoms with Crippen LogP contribution in [0.5, 0.6) is 11.5 Å². The molecule has 1 saturated carbocycles. The van der Waals surface area contributed by atoms with Crippen molar-refractivity contribution >= 4 is 39.9 Å². The second-order valence-corrected chi connectivity index (χ2v) is 10.5. The van der Waals surface area contributed by atoms with Gasteiger partial charge in [-0.15, -0.1) is 0 Å². The third-order valence-corrected chi connectivity index (χ3v) is 7.36. The predicted octanol–water partition coefficient (Wildman–Crippen LogP) is 7.69. The van der Waals surface area contributed by atoms with Crippen molar-refractivity contribution in [3.05, 3.63) is 47.5 Å². The third-order valence-electron chi connectivity index (χ3n) is 7.07. The Morgan fingerprint density at radius 3 is 2.59 bits per heavy atom. The number of fused-ring (bicyclic) bond motifs is 1. The molecule has 4 rings (SSSR count). The Bertz CT molecular complexity index is 1230. The number of ether oxygens (including phenoxy) is 2. The van der Waals surface area contributed by atoms with Crippen LogP contribution in [0.2, 0.25) is 5.02 Å². The molecule has 0 saturated heterocycles. The van der Waals surface area contributed by atoms with Crippen LogP contribution in [0.4, 0.5) is 15.9 Å². The van der Waals surface area contributed by atoms with Gasteiger partial charge in [-0.05, 0) is 56.2 Å². The van der Waals surface area contributed by atoms with E-state index >= 15 is 0 Å². The van der Waals surface area contributed by atoms with Gasteiger partial charge in [-0.1, -0.05) is 51.3 Å². The van der Waals surface area contributed by atoms with Crippen LogP contribution in [0, 0.1) is 17.7 Å². The van der Waals surface area contributed by atoms with Gasteiger partial charge in [0.1, 0.15) is 12.1 Å². The summed E-state index contributed by atoms with van der Waals surface area (Å²) in [4.78, 5) is 19.5. The number of nitrogens with zero attached hydrogens (tertiary/aromatic N) is 2. The van der Waals surface area contributed by atoms with Crippen LogP contribution in [0.15, 0.2) is 36.7 Å². The van der Waals surface area contributed by atoms with Gasteiger partial charge in [0.05, 0.1) is 29.4 Å². The van der Waals surface area contributed by atoms with E-state index in [9.17, 15) is 9.18 Å². The first-order valence-corrected chi connectivity index (χ1v) is 14.1. The number of hydrogen-bond donors (Lipinski definition) is 2. The number of aromatic nitrogens is 2. The summed E-state index contributed by atoms with van der Waals surface area (Å²) >= 11 is 5.90. The third kappa shape index (κ3) is 8.43. The Labute approximate surface area is 235 Å². The van der Waals surface area contributed by atoms with E-state index in [4.69, 9.17) is 21.1 Å². The molecule has 2 aromatic carbocycles. The zero-order valence-corrected chi connectivity index (χ0v) is 24.3. The van der Waals surface area contributed by atoms with Gasteiger partial charge in [0.25, 0.3) is 0 Å². The SMILES string of the molecule is CCCC[C@@H](C)C(=O)NC.COc1cc2ncnc(Nc3cccc(Cl)c3F)c2cc1OC1CCC(C)CC1. The number of anilines is 2. The summed E-state index contributed by atoms with van der Waals surface area (Å²) < 4.78 is 26.1. The lowest BCUT2D eigenvalue weighted by Gasteiger charge is -2.27. The van der Waals surface area contributed by atoms with Gasteiger partial charge >= 0.3 is 0 Å². The summed E-state index contributed by atoms with van der Waals surface area (Å²) in [7, 11) is 3.30. The van der Waals surface area contributed by atoms with Gasteiger partial charge in [-0.25, -0.2) is 14.4 Å². The fraction of sp³-hybridized carbons (Fsp3) is 0.500. The zero-order chi connectivity index (χ0) is 28.4. The fourth-order valence-corrected chi connectivity index (χ4v) is 4.73. The largest absolute Gasteiger partial charge is 0.493 e. The highest BCUT2D eigenvalue weighted by atomic mass is 35.5.